The second-order valence-corrected chi connectivity index (χ2v) is 8.13. The number of aromatic amines is 1. The molecule has 0 aliphatic carbocycles. The molecule has 0 amide bonds. The molecule has 4 rings (SSSR count). The molecule has 1 atom stereocenters. The number of thioether (sulfide) groups is 1. The molecule has 1 aromatic carbocycles. The Morgan fingerprint density at radius 2 is 2.04 bits per heavy atom. The Bertz CT molecular complexity index is 966. The van der Waals surface area contributed by atoms with Gasteiger partial charge in [0.05, 0.1) is 19.4 Å². The van der Waals surface area contributed by atoms with Crippen molar-refractivity contribution in [2.24, 2.45) is 0 Å². The van der Waals surface area contributed by atoms with Gasteiger partial charge in [-0.3, -0.25) is 9.69 Å². The van der Waals surface area contributed by atoms with Crippen molar-refractivity contribution in [2.45, 2.75) is 24.5 Å². The van der Waals surface area contributed by atoms with Gasteiger partial charge in [-0.05, 0) is 5.56 Å². The molecule has 1 fully saturated rings. The molecule has 3 aromatic rings. The first-order valence-electron chi connectivity index (χ1n) is 9.64. The molecule has 3 heterocycles. The first-order valence-corrected chi connectivity index (χ1v) is 10.6. The molecule has 1 aliphatic heterocycles. The number of rotatable bonds is 7. The number of H-pyrrole nitrogens is 1. The third-order valence-corrected chi connectivity index (χ3v) is 5.90. The number of nitrogens with one attached hydrogen (secondary N) is 1. The van der Waals surface area contributed by atoms with E-state index in [0.29, 0.717) is 22.7 Å². The van der Waals surface area contributed by atoms with Crippen LogP contribution >= 0.6 is 11.8 Å². The lowest BCUT2D eigenvalue weighted by Gasteiger charge is -2.26. The lowest BCUT2D eigenvalue weighted by Crippen LogP contribution is -2.37. The standard InChI is InChI=1S/C20H25N5O2S/c1-15(16-5-3-2-4-6-16)14-25-18-17(13-21-25)19(26)23-20(22-18)28-12-9-24-7-10-27-11-8-24/h2-6,13,15H,7-12,14H2,1H3,(H,22,23,26). The molecule has 0 saturated carbocycles. The van der Waals surface area contributed by atoms with Gasteiger partial charge in [0, 0.05) is 37.8 Å². The van der Waals surface area contributed by atoms with Gasteiger partial charge in [-0.2, -0.15) is 5.10 Å². The molecule has 8 heteroatoms. The van der Waals surface area contributed by atoms with Gasteiger partial charge in [0.1, 0.15) is 5.39 Å². The van der Waals surface area contributed by atoms with Crippen molar-refractivity contribution in [1.29, 1.82) is 0 Å². The van der Waals surface area contributed by atoms with Crippen molar-refractivity contribution in [3.05, 3.63) is 52.4 Å². The molecule has 0 radical (unpaired) electrons. The second kappa shape index (κ2) is 8.89. The SMILES string of the molecule is CC(Cn1ncc2c(=O)[nH]c(SCCN3CCOCC3)nc21)c1ccccc1. The van der Waals surface area contributed by atoms with E-state index in [-0.39, 0.29) is 11.5 Å². The number of hydrogen-bond donors (Lipinski definition) is 1. The maximum Gasteiger partial charge on any atom is 0.262 e. The van der Waals surface area contributed by atoms with Crippen LogP contribution < -0.4 is 5.56 Å². The van der Waals surface area contributed by atoms with E-state index in [1.165, 1.54) is 5.56 Å². The Morgan fingerprint density at radius 1 is 1.25 bits per heavy atom. The molecule has 0 spiro atoms. The zero-order chi connectivity index (χ0) is 19.3. The Hall–Kier alpha value is -2.16. The van der Waals surface area contributed by atoms with Crippen LogP contribution in [0.5, 0.6) is 0 Å². The summed E-state index contributed by atoms with van der Waals surface area (Å²) in [4.78, 5) is 22.4. The van der Waals surface area contributed by atoms with Crippen LogP contribution in [-0.2, 0) is 11.3 Å². The van der Waals surface area contributed by atoms with Crippen LogP contribution in [0.15, 0.2) is 46.5 Å². The van der Waals surface area contributed by atoms with Crippen LogP contribution in [-0.4, -0.2) is 63.2 Å². The first-order chi connectivity index (χ1) is 13.7. The molecule has 148 valence electrons. The highest BCUT2D eigenvalue weighted by atomic mass is 32.2. The number of aromatic nitrogens is 4. The van der Waals surface area contributed by atoms with Crippen LogP contribution in [0.2, 0.25) is 0 Å². The third kappa shape index (κ3) is 4.45. The summed E-state index contributed by atoms with van der Waals surface area (Å²) in [5, 5.41) is 5.61. The van der Waals surface area contributed by atoms with Crippen LogP contribution in [0.1, 0.15) is 18.4 Å². The van der Waals surface area contributed by atoms with Crippen LogP contribution in [0, 0.1) is 0 Å². The van der Waals surface area contributed by atoms with Crippen LogP contribution in [0.3, 0.4) is 0 Å². The van der Waals surface area contributed by atoms with Crippen molar-refractivity contribution in [3.8, 4) is 0 Å². The number of hydrogen-bond acceptors (Lipinski definition) is 6. The predicted molar refractivity (Wildman–Crippen MR) is 111 cm³/mol. The number of morpholine rings is 1. The predicted octanol–water partition coefficient (Wildman–Crippen LogP) is 2.35. The van der Waals surface area contributed by atoms with Crippen molar-refractivity contribution in [2.75, 3.05) is 38.6 Å². The second-order valence-electron chi connectivity index (χ2n) is 7.05. The molecule has 28 heavy (non-hydrogen) atoms. The summed E-state index contributed by atoms with van der Waals surface area (Å²) >= 11 is 1.58. The highest BCUT2D eigenvalue weighted by Crippen LogP contribution is 2.20. The zero-order valence-electron chi connectivity index (χ0n) is 16.0. The summed E-state index contributed by atoms with van der Waals surface area (Å²) in [5.41, 5.74) is 1.77. The lowest BCUT2D eigenvalue weighted by molar-refractivity contribution is 0.0410. The van der Waals surface area contributed by atoms with E-state index in [9.17, 15) is 4.79 Å². The highest BCUT2D eigenvalue weighted by Gasteiger charge is 2.15. The monoisotopic (exact) mass is 399 g/mol. The summed E-state index contributed by atoms with van der Waals surface area (Å²) < 4.78 is 7.22. The van der Waals surface area contributed by atoms with E-state index in [1.54, 1.807) is 18.0 Å². The van der Waals surface area contributed by atoms with Gasteiger partial charge in [-0.25, -0.2) is 9.67 Å². The summed E-state index contributed by atoms with van der Waals surface area (Å²) in [6.07, 6.45) is 1.61. The topological polar surface area (TPSA) is 76.0 Å². The van der Waals surface area contributed by atoms with E-state index >= 15 is 0 Å². The number of ether oxygens (including phenoxy) is 1. The molecule has 1 N–H and O–H groups in total. The normalized spacial score (nSPS) is 16.5. The number of nitrogens with zero attached hydrogens (tertiary/aromatic N) is 4. The minimum absolute atomic E-state index is 0.127. The smallest absolute Gasteiger partial charge is 0.262 e. The van der Waals surface area contributed by atoms with Gasteiger partial charge in [0.15, 0.2) is 10.8 Å². The Kier molecular flexibility index (Phi) is 6.09. The van der Waals surface area contributed by atoms with Crippen LogP contribution in [0.4, 0.5) is 0 Å². The maximum absolute atomic E-state index is 12.4. The van der Waals surface area contributed by atoms with Crippen molar-refractivity contribution in [3.63, 3.8) is 0 Å². The Balaban J connectivity index is 1.47. The fourth-order valence-electron chi connectivity index (χ4n) is 3.39. The van der Waals surface area contributed by atoms with Gasteiger partial charge in [0.2, 0.25) is 0 Å². The Labute approximate surface area is 168 Å². The van der Waals surface area contributed by atoms with E-state index in [1.807, 2.05) is 22.9 Å². The van der Waals surface area contributed by atoms with Gasteiger partial charge in [-0.15, -0.1) is 0 Å². The van der Waals surface area contributed by atoms with E-state index in [4.69, 9.17) is 9.72 Å². The Morgan fingerprint density at radius 3 is 2.82 bits per heavy atom. The van der Waals surface area contributed by atoms with Gasteiger partial charge >= 0.3 is 0 Å². The first kappa shape index (κ1) is 19.2. The van der Waals surface area contributed by atoms with Crippen molar-refractivity contribution in [1.82, 2.24) is 24.6 Å². The molecule has 7 nitrogen and oxygen atoms in total. The summed E-state index contributed by atoms with van der Waals surface area (Å²) in [5.74, 6) is 1.16. The zero-order valence-corrected chi connectivity index (χ0v) is 16.8. The van der Waals surface area contributed by atoms with E-state index in [2.05, 4.69) is 34.0 Å². The average molecular weight is 400 g/mol. The summed E-state index contributed by atoms with van der Waals surface area (Å²) in [7, 11) is 0. The van der Waals surface area contributed by atoms with Crippen molar-refractivity contribution >= 4 is 22.8 Å². The number of benzene rings is 1. The molecule has 0 bridgehead atoms. The molecular formula is C20H25N5O2S. The summed E-state index contributed by atoms with van der Waals surface area (Å²) in [6, 6.07) is 10.3. The fourth-order valence-corrected chi connectivity index (χ4v) is 4.25. The van der Waals surface area contributed by atoms with Crippen LogP contribution in [0.25, 0.3) is 11.0 Å². The van der Waals surface area contributed by atoms with E-state index in [0.717, 1.165) is 38.6 Å². The molecule has 2 aromatic heterocycles. The quantitative estimate of drug-likeness (QED) is 0.486. The molecule has 1 saturated heterocycles. The maximum atomic E-state index is 12.4. The van der Waals surface area contributed by atoms with Crippen molar-refractivity contribution < 1.29 is 4.74 Å². The van der Waals surface area contributed by atoms with Gasteiger partial charge < -0.3 is 9.72 Å². The fraction of sp³-hybridized carbons (Fsp3) is 0.450. The molecule has 1 aliphatic rings. The average Bonchev–Trinajstić information content (AvgIpc) is 3.13. The largest absolute Gasteiger partial charge is 0.379 e. The minimum Gasteiger partial charge on any atom is -0.379 e. The molecule has 1 unspecified atom stereocenters. The highest BCUT2D eigenvalue weighted by molar-refractivity contribution is 7.99. The summed E-state index contributed by atoms with van der Waals surface area (Å²) in [6.45, 7) is 7.33. The minimum atomic E-state index is -0.127. The van der Waals surface area contributed by atoms with Gasteiger partial charge in [0.25, 0.3) is 5.56 Å². The lowest BCUT2D eigenvalue weighted by atomic mass is 10.0. The number of fused-ring (bicyclic) bond motifs is 1. The molecular weight excluding hydrogens is 374 g/mol. The van der Waals surface area contributed by atoms with Gasteiger partial charge in [-0.1, -0.05) is 49.0 Å². The van der Waals surface area contributed by atoms with E-state index < -0.39 is 0 Å². The third-order valence-electron chi connectivity index (χ3n) is 5.05.